The molecule has 0 spiro atoms. The molecule has 0 saturated heterocycles. The van der Waals surface area contributed by atoms with Crippen LogP contribution in [0.4, 0.5) is 0 Å². The molecule has 1 N–H and O–H groups in total. The minimum atomic E-state index is -0.736. The average molecular weight is 339 g/mol. The summed E-state index contributed by atoms with van der Waals surface area (Å²) in [6.07, 6.45) is 5.00. The fourth-order valence-electron chi connectivity index (χ4n) is 2.02. The first kappa shape index (κ1) is 16.6. The van der Waals surface area contributed by atoms with Gasteiger partial charge in [-0.05, 0) is 12.5 Å². The summed E-state index contributed by atoms with van der Waals surface area (Å²) in [5, 5.41) is 10.1. The quantitative estimate of drug-likeness (QED) is 0.679. The first-order valence-electron chi connectivity index (χ1n) is 6.36. The van der Waals surface area contributed by atoms with Gasteiger partial charge >= 0.3 is 0 Å². The number of aryl methyl sites for hydroxylation is 1. The van der Waals surface area contributed by atoms with E-state index in [0.29, 0.717) is 0 Å². The molecule has 0 amide bonds. The molecule has 4 nitrogen and oxygen atoms in total. The third-order valence-corrected chi connectivity index (χ3v) is 3.28. The summed E-state index contributed by atoms with van der Waals surface area (Å²) in [5.74, 6) is 0.0209. The molecule has 2 aromatic rings. The van der Waals surface area contributed by atoms with Crippen LogP contribution in [0.5, 0.6) is 0 Å². The maximum absolute atomic E-state index is 12.1. The molecular weight excluding hydrogens is 320 g/mol. The summed E-state index contributed by atoms with van der Waals surface area (Å²) in [6, 6.07) is 9.01. The van der Waals surface area contributed by atoms with E-state index in [0.717, 1.165) is 5.56 Å². The van der Waals surface area contributed by atoms with Crippen LogP contribution in [-0.4, -0.2) is 15.5 Å². The van der Waals surface area contributed by atoms with Gasteiger partial charge in [-0.3, -0.25) is 4.79 Å². The molecule has 1 unspecified atom stereocenters. The number of imidazole rings is 1. The van der Waals surface area contributed by atoms with E-state index in [9.17, 15) is 9.90 Å². The summed E-state index contributed by atoms with van der Waals surface area (Å²) < 4.78 is 3.73. The highest BCUT2D eigenvalue weighted by molar-refractivity contribution is 5.82. The van der Waals surface area contributed by atoms with Crippen LogP contribution in [0.2, 0.25) is 0 Å². The van der Waals surface area contributed by atoms with E-state index < -0.39 is 6.10 Å². The number of ketones is 1. The third kappa shape index (κ3) is 4.02. The zero-order valence-corrected chi connectivity index (χ0v) is 13.2. The van der Waals surface area contributed by atoms with Crippen molar-refractivity contribution in [3.05, 3.63) is 54.6 Å². The number of hydrogen-bond donors (Lipinski definition) is 1. The van der Waals surface area contributed by atoms with Crippen molar-refractivity contribution in [1.29, 1.82) is 0 Å². The van der Waals surface area contributed by atoms with Gasteiger partial charge in [-0.1, -0.05) is 30.3 Å². The molecule has 0 saturated carbocycles. The van der Waals surface area contributed by atoms with Gasteiger partial charge in [0.05, 0.1) is 13.2 Å². The van der Waals surface area contributed by atoms with Crippen molar-refractivity contribution in [3.8, 4) is 0 Å². The van der Waals surface area contributed by atoms with Gasteiger partial charge in [-0.25, -0.2) is 9.13 Å². The lowest BCUT2D eigenvalue weighted by Crippen LogP contribution is -3.00. The zero-order valence-electron chi connectivity index (χ0n) is 11.6. The van der Waals surface area contributed by atoms with Crippen LogP contribution in [0.1, 0.15) is 31.1 Å². The fourth-order valence-corrected chi connectivity index (χ4v) is 2.02. The van der Waals surface area contributed by atoms with Gasteiger partial charge in [0, 0.05) is 6.42 Å². The summed E-state index contributed by atoms with van der Waals surface area (Å²) >= 11 is 0. The van der Waals surface area contributed by atoms with E-state index in [1.807, 2.05) is 72.2 Å². The van der Waals surface area contributed by atoms with Gasteiger partial charge in [0.1, 0.15) is 12.4 Å². The molecule has 1 heterocycles. The summed E-state index contributed by atoms with van der Waals surface area (Å²) in [4.78, 5) is 12.1. The minimum Gasteiger partial charge on any atom is -1.00 e. The number of halogens is 1. The Morgan fingerprint density at radius 2 is 2.00 bits per heavy atom. The number of nitrogens with zero attached hydrogens (tertiary/aromatic N) is 2. The number of aliphatic hydroxyl groups excluding tert-OH is 1. The molecule has 0 aliphatic carbocycles. The Morgan fingerprint density at radius 1 is 1.35 bits per heavy atom. The fraction of sp³-hybridized carbons (Fsp3) is 0.333. The van der Waals surface area contributed by atoms with E-state index in [1.54, 1.807) is 0 Å². The van der Waals surface area contributed by atoms with E-state index >= 15 is 0 Å². The van der Waals surface area contributed by atoms with Crippen LogP contribution in [-0.2, 0) is 11.8 Å². The van der Waals surface area contributed by atoms with Crippen molar-refractivity contribution in [1.82, 2.24) is 4.57 Å². The summed E-state index contributed by atoms with van der Waals surface area (Å²) in [5.41, 5.74) is 0.779. The number of carbonyl (C=O) groups excluding carboxylic acids is 1. The van der Waals surface area contributed by atoms with E-state index in [1.165, 1.54) is 0 Å². The van der Waals surface area contributed by atoms with Crippen LogP contribution < -0.4 is 21.5 Å². The van der Waals surface area contributed by atoms with Crippen LogP contribution >= 0.6 is 0 Å². The largest absolute Gasteiger partial charge is 1.00 e. The van der Waals surface area contributed by atoms with Crippen LogP contribution in [0.25, 0.3) is 0 Å². The van der Waals surface area contributed by atoms with E-state index in [2.05, 4.69) is 0 Å². The maximum atomic E-state index is 12.1. The maximum Gasteiger partial charge on any atom is 0.244 e. The Bertz CT molecular complexity index is 554. The predicted molar refractivity (Wildman–Crippen MR) is 71.3 cm³/mol. The van der Waals surface area contributed by atoms with Crippen LogP contribution in [0.15, 0.2) is 49.1 Å². The van der Waals surface area contributed by atoms with Gasteiger partial charge in [-0.15, -0.1) is 0 Å². The molecule has 1 aromatic carbocycles. The first-order chi connectivity index (χ1) is 9.08. The molecule has 0 fully saturated rings. The van der Waals surface area contributed by atoms with Gasteiger partial charge in [-0.2, -0.15) is 0 Å². The number of Topliss-reactive ketones (excluding diaryl/α,β-unsaturated/α-hetero) is 1. The second-order valence-corrected chi connectivity index (χ2v) is 4.80. The normalized spacial score (nSPS) is 13.3. The Labute approximate surface area is 129 Å². The van der Waals surface area contributed by atoms with E-state index in [-0.39, 0.29) is 35.2 Å². The molecule has 1 aromatic heterocycles. The number of benzene rings is 1. The molecule has 20 heavy (non-hydrogen) atoms. The predicted octanol–water partition coefficient (Wildman–Crippen LogP) is -1.43. The zero-order chi connectivity index (χ0) is 13.8. The van der Waals surface area contributed by atoms with Gasteiger partial charge in [0.25, 0.3) is 0 Å². The molecule has 0 bridgehead atoms. The molecular formula is C15H19BrN2O2. The topological polar surface area (TPSA) is 46.1 Å². The molecule has 108 valence electrons. The van der Waals surface area contributed by atoms with Crippen LogP contribution in [0.3, 0.4) is 0 Å². The van der Waals surface area contributed by atoms with Crippen molar-refractivity contribution in [3.63, 3.8) is 0 Å². The summed E-state index contributed by atoms with van der Waals surface area (Å²) in [7, 11) is 1.91. The standard InChI is InChI=1S/C15H19N2O2.BrH/c1-12(17-9-8-16(2)11-17)14(18)10-15(19)13-6-4-3-5-7-13;/h3-9,11-12,15,19H,10H2,1-2H3;1H/q+1;/p-1/t12?,15-;/m1./s1. The van der Waals surface area contributed by atoms with Crippen molar-refractivity contribution >= 4 is 5.78 Å². The third-order valence-electron chi connectivity index (χ3n) is 3.28. The number of aromatic nitrogens is 2. The highest BCUT2D eigenvalue weighted by Gasteiger charge is 2.22. The minimum absolute atomic E-state index is 0. The second kappa shape index (κ2) is 7.36. The lowest BCUT2D eigenvalue weighted by Gasteiger charge is -2.12. The lowest BCUT2D eigenvalue weighted by atomic mass is 10.0. The monoisotopic (exact) mass is 338 g/mol. The van der Waals surface area contributed by atoms with Gasteiger partial charge < -0.3 is 22.1 Å². The van der Waals surface area contributed by atoms with Crippen molar-refractivity contribution in [2.45, 2.75) is 25.5 Å². The highest BCUT2D eigenvalue weighted by atomic mass is 79.9. The number of hydrogen-bond acceptors (Lipinski definition) is 2. The molecule has 0 aliphatic rings. The Morgan fingerprint density at radius 3 is 2.55 bits per heavy atom. The summed E-state index contributed by atoms with van der Waals surface area (Å²) in [6.45, 7) is 1.85. The Balaban J connectivity index is 0.00000200. The number of carbonyl (C=O) groups is 1. The van der Waals surface area contributed by atoms with Crippen molar-refractivity contribution < 1.29 is 31.4 Å². The van der Waals surface area contributed by atoms with Crippen molar-refractivity contribution in [2.24, 2.45) is 7.05 Å². The Hall–Kier alpha value is -1.46. The number of rotatable bonds is 5. The molecule has 0 aliphatic heterocycles. The Kier molecular flexibility index (Phi) is 6.10. The molecule has 0 radical (unpaired) electrons. The molecule has 2 rings (SSSR count). The van der Waals surface area contributed by atoms with E-state index in [4.69, 9.17) is 0 Å². The molecule has 2 atom stereocenters. The number of aliphatic hydroxyl groups is 1. The first-order valence-corrected chi connectivity index (χ1v) is 6.36. The molecule has 5 heteroatoms. The van der Waals surface area contributed by atoms with Crippen LogP contribution in [0, 0.1) is 0 Å². The average Bonchev–Trinajstić information content (AvgIpc) is 2.85. The smallest absolute Gasteiger partial charge is 0.244 e. The highest BCUT2D eigenvalue weighted by Crippen LogP contribution is 2.19. The van der Waals surface area contributed by atoms with Gasteiger partial charge in [0.2, 0.25) is 6.33 Å². The SMILES string of the molecule is CC(C(=O)C[C@@H](O)c1ccccc1)n1cc[n+](C)c1.[Br-]. The van der Waals surface area contributed by atoms with Gasteiger partial charge in [0.15, 0.2) is 11.8 Å². The second-order valence-electron chi connectivity index (χ2n) is 4.80. The lowest BCUT2D eigenvalue weighted by molar-refractivity contribution is -0.671. The van der Waals surface area contributed by atoms with Crippen molar-refractivity contribution in [2.75, 3.05) is 0 Å².